The molecule has 0 unspecified atom stereocenters. The van der Waals surface area contributed by atoms with Crippen LogP contribution in [0.4, 0.5) is 17.1 Å². The minimum atomic E-state index is -0.927. The fourth-order valence-electron chi connectivity index (χ4n) is 1.40. The maximum atomic E-state index is 11.0. The standard InChI is InChI=1S/C11H17N3O3/c1-11(2,15)7-13-9-6-4-5-8(12-3)10(9)14(16)17/h4-6,12-13,15H,7H2,1-3H3. The van der Waals surface area contributed by atoms with E-state index in [1.54, 1.807) is 39.1 Å². The van der Waals surface area contributed by atoms with Crippen LogP contribution in [0, 0.1) is 10.1 Å². The van der Waals surface area contributed by atoms with Gasteiger partial charge in [0.1, 0.15) is 11.4 Å². The molecule has 0 aliphatic heterocycles. The van der Waals surface area contributed by atoms with Gasteiger partial charge in [0.15, 0.2) is 0 Å². The lowest BCUT2D eigenvalue weighted by Gasteiger charge is -2.18. The molecule has 0 aromatic heterocycles. The average molecular weight is 239 g/mol. The van der Waals surface area contributed by atoms with E-state index >= 15 is 0 Å². The van der Waals surface area contributed by atoms with Gasteiger partial charge in [0, 0.05) is 13.6 Å². The first-order valence-corrected chi connectivity index (χ1v) is 5.26. The lowest BCUT2D eigenvalue weighted by atomic mass is 10.1. The van der Waals surface area contributed by atoms with Gasteiger partial charge in [0.25, 0.3) is 0 Å². The number of para-hydroxylation sites is 1. The maximum absolute atomic E-state index is 11.0. The predicted molar refractivity (Wildman–Crippen MR) is 67.4 cm³/mol. The zero-order valence-electron chi connectivity index (χ0n) is 10.2. The van der Waals surface area contributed by atoms with Gasteiger partial charge in [-0.15, -0.1) is 0 Å². The highest BCUT2D eigenvalue weighted by Crippen LogP contribution is 2.32. The summed E-state index contributed by atoms with van der Waals surface area (Å²) in [4.78, 5) is 10.5. The molecule has 0 saturated carbocycles. The van der Waals surface area contributed by atoms with E-state index in [1.165, 1.54) is 0 Å². The SMILES string of the molecule is CNc1cccc(NCC(C)(C)O)c1[N+](=O)[O-]. The van der Waals surface area contributed by atoms with Gasteiger partial charge in [-0.25, -0.2) is 0 Å². The second kappa shape index (κ2) is 5.01. The van der Waals surface area contributed by atoms with Crippen molar-refractivity contribution < 1.29 is 10.0 Å². The summed E-state index contributed by atoms with van der Waals surface area (Å²) in [6, 6.07) is 4.96. The molecular formula is C11H17N3O3. The summed E-state index contributed by atoms with van der Waals surface area (Å²) in [5.74, 6) is 0. The van der Waals surface area contributed by atoms with E-state index in [2.05, 4.69) is 10.6 Å². The largest absolute Gasteiger partial charge is 0.389 e. The van der Waals surface area contributed by atoms with Gasteiger partial charge in [-0.05, 0) is 26.0 Å². The van der Waals surface area contributed by atoms with Crippen LogP contribution in [0.2, 0.25) is 0 Å². The lowest BCUT2D eigenvalue weighted by molar-refractivity contribution is -0.383. The molecule has 0 atom stereocenters. The van der Waals surface area contributed by atoms with Crippen molar-refractivity contribution in [2.24, 2.45) is 0 Å². The Morgan fingerprint density at radius 3 is 2.47 bits per heavy atom. The van der Waals surface area contributed by atoms with Gasteiger partial charge >= 0.3 is 5.69 Å². The van der Waals surface area contributed by atoms with Crippen LogP contribution in [0.25, 0.3) is 0 Å². The predicted octanol–water partition coefficient (Wildman–Crippen LogP) is 1.82. The normalized spacial score (nSPS) is 11.1. The Labute approximate surface area is 99.8 Å². The Morgan fingerprint density at radius 1 is 1.41 bits per heavy atom. The second-order valence-electron chi connectivity index (χ2n) is 4.37. The van der Waals surface area contributed by atoms with Gasteiger partial charge < -0.3 is 15.7 Å². The van der Waals surface area contributed by atoms with Crippen molar-refractivity contribution in [1.29, 1.82) is 0 Å². The van der Waals surface area contributed by atoms with E-state index < -0.39 is 10.5 Å². The maximum Gasteiger partial charge on any atom is 0.315 e. The smallest absolute Gasteiger partial charge is 0.315 e. The third kappa shape index (κ3) is 3.60. The molecule has 3 N–H and O–H groups in total. The fraction of sp³-hybridized carbons (Fsp3) is 0.455. The summed E-state index contributed by atoms with van der Waals surface area (Å²) in [6.07, 6.45) is 0. The van der Waals surface area contributed by atoms with Crippen molar-refractivity contribution in [1.82, 2.24) is 0 Å². The van der Waals surface area contributed by atoms with E-state index in [4.69, 9.17) is 0 Å². The van der Waals surface area contributed by atoms with Gasteiger partial charge in [-0.3, -0.25) is 10.1 Å². The van der Waals surface area contributed by atoms with E-state index in [0.29, 0.717) is 11.4 Å². The first-order chi connectivity index (χ1) is 7.85. The van der Waals surface area contributed by atoms with E-state index in [9.17, 15) is 15.2 Å². The van der Waals surface area contributed by atoms with E-state index in [-0.39, 0.29) is 12.2 Å². The molecule has 94 valence electrons. The first-order valence-electron chi connectivity index (χ1n) is 5.26. The molecule has 0 aliphatic rings. The molecular weight excluding hydrogens is 222 g/mol. The highest BCUT2D eigenvalue weighted by Gasteiger charge is 2.20. The van der Waals surface area contributed by atoms with E-state index in [0.717, 1.165) is 0 Å². The summed E-state index contributed by atoms with van der Waals surface area (Å²) in [5, 5.41) is 26.2. The number of hydrogen-bond acceptors (Lipinski definition) is 5. The van der Waals surface area contributed by atoms with Crippen molar-refractivity contribution in [2.75, 3.05) is 24.2 Å². The number of nitrogens with zero attached hydrogens (tertiary/aromatic N) is 1. The number of hydrogen-bond donors (Lipinski definition) is 3. The number of rotatable bonds is 5. The van der Waals surface area contributed by atoms with Crippen molar-refractivity contribution in [3.05, 3.63) is 28.3 Å². The third-order valence-electron chi connectivity index (χ3n) is 2.20. The molecule has 1 aromatic rings. The second-order valence-corrected chi connectivity index (χ2v) is 4.37. The minimum Gasteiger partial charge on any atom is -0.389 e. The van der Waals surface area contributed by atoms with Crippen LogP contribution in [0.1, 0.15) is 13.8 Å². The Kier molecular flexibility index (Phi) is 3.90. The zero-order chi connectivity index (χ0) is 13.1. The van der Waals surface area contributed by atoms with Gasteiger partial charge in [-0.2, -0.15) is 0 Å². The quantitative estimate of drug-likeness (QED) is 0.539. The molecule has 1 rings (SSSR count). The van der Waals surface area contributed by atoms with Crippen LogP contribution in [0.3, 0.4) is 0 Å². The minimum absolute atomic E-state index is 0.0146. The average Bonchev–Trinajstić information content (AvgIpc) is 2.24. The van der Waals surface area contributed by atoms with Gasteiger partial charge in [-0.1, -0.05) is 6.07 Å². The molecule has 17 heavy (non-hydrogen) atoms. The number of aliphatic hydroxyl groups is 1. The molecule has 0 heterocycles. The molecule has 0 bridgehead atoms. The van der Waals surface area contributed by atoms with E-state index in [1.807, 2.05) is 0 Å². The molecule has 1 aromatic carbocycles. The number of nitro benzene ring substituents is 1. The van der Waals surface area contributed by atoms with Crippen molar-refractivity contribution in [3.8, 4) is 0 Å². The molecule has 6 nitrogen and oxygen atoms in total. The summed E-state index contributed by atoms with van der Waals surface area (Å²) >= 11 is 0. The number of benzene rings is 1. The number of anilines is 2. The third-order valence-corrected chi connectivity index (χ3v) is 2.20. The van der Waals surface area contributed by atoms with Crippen LogP contribution in [-0.2, 0) is 0 Å². The molecule has 0 aliphatic carbocycles. The fourth-order valence-corrected chi connectivity index (χ4v) is 1.40. The summed E-state index contributed by atoms with van der Waals surface area (Å²) in [5.41, 5.74) is -0.109. The number of nitro groups is 1. The Bertz CT molecular complexity index is 413. The van der Waals surface area contributed by atoms with Crippen molar-refractivity contribution in [2.45, 2.75) is 19.4 Å². The van der Waals surface area contributed by atoms with Crippen LogP contribution in [0.15, 0.2) is 18.2 Å². The highest BCUT2D eigenvalue weighted by atomic mass is 16.6. The Morgan fingerprint density at radius 2 is 2.00 bits per heavy atom. The summed E-state index contributed by atoms with van der Waals surface area (Å²) < 4.78 is 0. The van der Waals surface area contributed by atoms with Crippen molar-refractivity contribution >= 4 is 17.1 Å². The first kappa shape index (κ1) is 13.2. The molecule has 0 spiro atoms. The summed E-state index contributed by atoms with van der Waals surface area (Å²) in [7, 11) is 1.63. The monoisotopic (exact) mass is 239 g/mol. The van der Waals surface area contributed by atoms with Gasteiger partial charge in [0.05, 0.1) is 10.5 Å². The van der Waals surface area contributed by atoms with Crippen LogP contribution in [-0.4, -0.2) is 29.2 Å². The molecule has 0 saturated heterocycles. The van der Waals surface area contributed by atoms with Crippen LogP contribution < -0.4 is 10.6 Å². The topological polar surface area (TPSA) is 87.4 Å². The van der Waals surface area contributed by atoms with Crippen LogP contribution >= 0.6 is 0 Å². The Hall–Kier alpha value is -1.82. The lowest BCUT2D eigenvalue weighted by Crippen LogP contribution is -2.29. The zero-order valence-corrected chi connectivity index (χ0v) is 10.2. The van der Waals surface area contributed by atoms with Gasteiger partial charge in [0.2, 0.25) is 0 Å². The molecule has 0 radical (unpaired) electrons. The van der Waals surface area contributed by atoms with Crippen molar-refractivity contribution in [3.63, 3.8) is 0 Å². The number of nitrogens with one attached hydrogen (secondary N) is 2. The van der Waals surface area contributed by atoms with Crippen LogP contribution in [0.5, 0.6) is 0 Å². The molecule has 0 amide bonds. The highest BCUT2D eigenvalue weighted by molar-refractivity contribution is 5.76. The Balaban J connectivity index is 3.02. The molecule has 6 heteroatoms. The molecule has 0 fully saturated rings. The summed E-state index contributed by atoms with van der Waals surface area (Å²) in [6.45, 7) is 3.50.